The van der Waals surface area contributed by atoms with Gasteiger partial charge < -0.3 is 15.0 Å². The van der Waals surface area contributed by atoms with Crippen LogP contribution in [0.15, 0.2) is 42.6 Å². The van der Waals surface area contributed by atoms with Crippen LogP contribution in [-0.2, 0) is 9.53 Å². The number of anilines is 1. The summed E-state index contributed by atoms with van der Waals surface area (Å²) in [5.74, 6) is 0.177. The van der Waals surface area contributed by atoms with Crippen molar-refractivity contribution in [2.45, 2.75) is 6.92 Å². The Hall–Kier alpha value is -3.03. The van der Waals surface area contributed by atoms with Crippen molar-refractivity contribution in [2.24, 2.45) is 0 Å². The lowest BCUT2D eigenvalue weighted by atomic mass is 10.0. The highest BCUT2D eigenvalue weighted by Crippen LogP contribution is 2.30. The molecule has 7 nitrogen and oxygen atoms in total. The molecule has 0 unspecified atom stereocenters. The van der Waals surface area contributed by atoms with Crippen molar-refractivity contribution in [3.05, 3.63) is 53.2 Å². The van der Waals surface area contributed by atoms with Crippen molar-refractivity contribution in [3.63, 3.8) is 0 Å². The molecule has 148 valence electrons. The highest BCUT2D eigenvalue weighted by Gasteiger charge is 2.22. The number of nitrogens with zero attached hydrogens (tertiary/aromatic N) is 3. The summed E-state index contributed by atoms with van der Waals surface area (Å²) in [4.78, 5) is 35.1. The summed E-state index contributed by atoms with van der Waals surface area (Å²) in [5, 5.41) is 3.81. The first kappa shape index (κ1) is 19.3. The minimum atomic E-state index is -0.195. The first-order valence-electron chi connectivity index (χ1n) is 9.23. The molecule has 1 aromatic carbocycles. The Morgan fingerprint density at radius 2 is 1.97 bits per heavy atom. The molecule has 1 saturated heterocycles. The molecule has 0 aliphatic carbocycles. The van der Waals surface area contributed by atoms with Crippen LogP contribution < -0.4 is 5.32 Å². The lowest BCUT2D eigenvalue weighted by Crippen LogP contribution is -2.40. The number of hydrogen-bond acceptors (Lipinski definition) is 5. The molecule has 1 aliphatic heterocycles. The van der Waals surface area contributed by atoms with Crippen LogP contribution in [-0.4, -0.2) is 53.0 Å². The molecule has 1 fully saturated rings. The normalized spacial score (nSPS) is 14.1. The van der Waals surface area contributed by atoms with Gasteiger partial charge in [-0.25, -0.2) is 9.97 Å². The first-order chi connectivity index (χ1) is 14.0. The maximum absolute atomic E-state index is 13.2. The highest BCUT2D eigenvalue weighted by molar-refractivity contribution is 6.35. The van der Waals surface area contributed by atoms with Crippen LogP contribution in [0.3, 0.4) is 0 Å². The monoisotopic (exact) mass is 410 g/mol. The van der Waals surface area contributed by atoms with E-state index in [2.05, 4.69) is 15.3 Å². The number of fused-ring (bicyclic) bond motifs is 1. The van der Waals surface area contributed by atoms with Crippen molar-refractivity contribution >= 4 is 40.1 Å². The Kier molecular flexibility index (Phi) is 5.42. The van der Waals surface area contributed by atoms with Crippen LogP contribution >= 0.6 is 11.6 Å². The van der Waals surface area contributed by atoms with Gasteiger partial charge in [-0.05, 0) is 24.3 Å². The van der Waals surface area contributed by atoms with E-state index in [9.17, 15) is 9.59 Å². The molecular formula is C21H19ClN4O3. The Balaban J connectivity index is 1.80. The molecule has 8 heteroatoms. The maximum Gasteiger partial charge on any atom is 0.254 e. The van der Waals surface area contributed by atoms with Crippen molar-refractivity contribution in [3.8, 4) is 11.3 Å². The molecule has 0 atom stereocenters. The molecule has 3 aromatic rings. The molecule has 1 N–H and O–H groups in total. The third-order valence-corrected chi connectivity index (χ3v) is 4.99. The van der Waals surface area contributed by atoms with E-state index in [0.29, 0.717) is 59.3 Å². The van der Waals surface area contributed by atoms with Crippen molar-refractivity contribution in [2.75, 3.05) is 31.6 Å². The number of pyridine rings is 2. The summed E-state index contributed by atoms with van der Waals surface area (Å²) in [6.45, 7) is 3.57. The third-order valence-electron chi connectivity index (χ3n) is 4.68. The Morgan fingerprint density at radius 1 is 1.17 bits per heavy atom. The smallest absolute Gasteiger partial charge is 0.254 e. The van der Waals surface area contributed by atoms with E-state index in [1.165, 1.54) is 6.92 Å². The second-order valence-corrected chi connectivity index (χ2v) is 7.12. The number of benzene rings is 1. The third kappa shape index (κ3) is 4.06. The summed E-state index contributed by atoms with van der Waals surface area (Å²) < 4.78 is 5.36. The standard InChI is InChI=1S/C21H19ClN4O3/c1-13(27)24-19-6-5-14(12-23-19)18-11-16(21(28)26-7-9-29-10-8-26)15-3-2-4-17(22)20(15)25-18/h2-6,11-12H,7-10H2,1H3,(H,23,24,27). The van der Waals surface area contributed by atoms with Gasteiger partial charge in [0.25, 0.3) is 5.91 Å². The van der Waals surface area contributed by atoms with Gasteiger partial charge in [-0.1, -0.05) is 23.7 Å². The van der Waals surface area contributed by atoms with E-state index in [1.54, 1.807) is 35.4 Å². The zero-order valence-corrected chi connectivity index (χ0v) is 16.6. The fourth-order valence-electron chi connectivity index (χ4n) is 3.27. The zero-order chi connectivity index (χ0) is 20.4. The Morgan fingerprint density at radius 3 is 2.66 bits per heavy atom. The van der Waals surface area contributed by atoms with Crippen molar-refractivity contribution in [1.82, 2.24) is 14.9 Å². The highest BCUT2D eigenvalue weighted by atomic mass is 35.5. The van der Waals surface area contributed by atoms with E-state index >= 15 is 0 Å². The van der Waals surface area contributed by atoms with E-state index in [-0.39, 0.29) is 11.8 Å². The minimum Gasteiger partial charge on any atom is -0.378 e. The molecule has 0 bridgehead atoms. The zero-order valence-electron chi connectivity index (χ0n) is 15.8. The van der Waals surface area contributed by atoms with Gasteiger partial charge in [0.15, 0.2) is 0 Å². The number of rotatable bonds is 3. The fourth-order valence-corrected chi connectivity index (χ4v) is 3.49. The summed E-state index contributed by atoms with van der Waals surface area (Å²) in [7, 11) is 0. The van der Waals surface area contributed by atoms with E-state index in [0.717, 1.165) is 5.56 Å². The summed E-state index contributed by atoms with van der Waals surface area (Å²) in [6, 6.07) is 10.7. The second kappa shape index (κ2) is 8.14. The molecule has 4 rings (SSSR count). The van der Waals surface area contributed by atoms with E-state index in [4.69, 9.17) is 16.3 Å². The van der Waals surface area contributed by atoms with Crippen LogP contribution in [0.2, 0.25) is 5.02 Å². The van der Waals surface area contributed by atoms with Crippen molar-refractivity contribution < 1.29 is 14.3 Å². The number of aromatic nitrogens is 2. The number of ether oxygens (including phenoxy) is 1. The number of para-hydroxylation sites is 1. The number of carbonyl (C=O) groups excluding carboxylic acids is 2. The molecule has 2 aromatic heterocycles. The van der Waals surface area contributed by atoms with Crippen molar-refractivity contribution in [1.29, 1.82) is 0 Å². The molecule has 0 saturated carbocycles. The molecule has 3 heterocycles. The van der Waals surface area contributed by atoms with E-state index in [1.807, 2.05) is 12.1 Å². The van der Waals surface area contributed by atoms with Crippen LogP contribution in [0, 0.1) is 0 Å². The average molecular weight is 411 g/mol. The van der Waals surface area contributed by atoms with Gasteiger partial charge in [0.05, 0.1) is 35.0 Å². The summed E-state index contributed by atoms with van der Waals surface area (Å²) >= 11 is 6.39. The Labute approximate surface area is 172 Å². The molecule has 0 radical (unpaired) electrons. The van der Waals surface area contributed by atoms with Gasteiger partial charge in [0, 0.05) is 37.2 Å². The van der Waals surface area contributed by atoms with Gasteiger partial charge in [0.1, 0.15) is 5.82 Å². The number of hydrogen-bond donors (Lipinski definition) is 1. The SMILES string of the molecule is CC(=O)Nc1ccc(-c2cc(C(=O)N3CCOCC3)c3cccc(Cl)c3n2)cn1. The predicted molar refractivity (Wildman–Crippen MR) is 111 cm³/mol. The average Bonchev–Trinajstić information content (AvgIpc) is 2.74. The van der Waals surface area contributed by atoms with Crippen LogP contribution in [0.5, 0.6) is 0 Å². The van der Waals surface area contributed by atoms with Gasteiger partial charge >= 0.3 is 0 Å². The number of morpholine rings is 1. The first-order valence-corrected chi connectivity index (χ1v) is 9.61. The number of carbonyl (C=O) groups is 2. The lowest BCUT2D eigenvalue weighted by molar-refractivity contribution is -0.114. The second-order valence-electron chi connectivity index (χ2n) is 6.71. The minimum absolute atomic E-state index is 0.0768. The predicted octanol–water partition coefficient (Wildman–Crippen LogP) is 3.38. The van der Waals surface area contributed by atoms with Gasteiger partial charge in [-0.2, -0.15) is 0 Å². The largest absolute Gasteiger partial charge is 0.378 e. The molecular weight excluding hydrogens is 392 g/mol. The van der Waals surface area contributed by atoms with Crippen LogP contribution in [0.25, 0.3) is 22.2 Å². The molecule has 0 spiro atoms. The number of nitrogens with one attached hydrogen (secondary N) is 1. The maximum atomic E-state index is 13.2. The summed E-state index contributed by atoms with van der Waals surface area (Å²) in [5.41, 5.74) is 2.41. The van der Waals surface area contributed by atoms with Crippen LogP contribution in [0.1, 0.15) is 17.3 Å². The fraction of sp³-hybridized carbons (Fsp3) is 0.238. The van der Waals surface area contributed by atoms with Gasteiger partial charge in [-0.15, -0.1) is 0 Å². The van der Waals surface area contributed by atoms with Gasteiger partial charge in [-0.3, -0.25) is 9.59 Å². The summed E-state index contributed by atoms with van der Waals surface area (Å²) in [6.07, 6.45) is 1.61. The van der Waals surface area contributed by atoms with Crippen LogP contribution in [0.4, 0.5) is 5.82 Å². The Bertz CT molecular complexity index is 1080. The molecule has 1 aliphatic rings. The number of halogens is 1. The quantitative estimate of drug-likeness (QED) is 0.715. The number of amides is 2. The lowest BCUT2D eigenvalue weighted by Gasteiger charge is -2.27. The van der Waals surface area contributed by atoms with Gasteiger partial charge in [0.2, 0.25) is 5.91 Å². The van der Waals surface area contributed by atoms with E-state index < -0.39 is 0 Å². The molecule has 2 amide bonds. The topological polar surface area (TPSA) is 84.4 Å². The molecule has 29 heavy (non-hydrogen) atoms.